The summed E-state index contributed by atoms with van der Waals surface area (Å²) in [5.41, 5.74) is 1.46. The van der Waals surface area contributed by atoms with E-state index in [0.29, 0.717) is 5.92 Å². The number of allylic oxidation sites excluding steroid dienone is 2. The van der Waals surface area contributed by atoms with Gasteiger partial charge in [-0.15, -0.1) is 0 Å². The molecule has 0 aromatic carbocycles. The number of methoxy groups -OCH3 is 2. The van der Waals surface area contributed by atoms with Crippen molar-refractivity contribution in [1.82, 2.24) is 0 Å². The molecular weight excluding hydrogens is 232 g/mol. The topological polar surface area (TPSA) is 27.7 Å². The van der Waals surface area contributed by atoms with Gasteiger partial charge in [-0.2, -0.15) is 0 Å². The molecule has 1 unspecified atom stereocenters. The maximum absolute atomic E-state index is 6.11. The smallest absolute Gasteiger partial charge is 0.224 e. The van der Waals surface area contributed by atoms with E-state index in [1.54, 1.807) is 14.2 Å². The second-order valence-corrected chi connectivity index (χ2v) is 6.63. The molecule has 100 valence electrons. The van der Waals surface area contributed by atoms with Gasteiger partial charge in [0.15, 0.2) is 5.91 Å². The zero-order chi connectivity index (χ0) is 12.9. The predicted molar refractivity (Wildman–Crippen MR) is 72.6 cm³/mol. The van der Waals surface area contributed by atoms with Crippen LogP contribution in [0.4, 0.5) is 0 Å². The first-order valence-corrected chi connectivity index (χ1v) is 7.74. The lowest BCUT2D eigenvalue weighted by molar-refractivity contribution is -0.0655. The molecule has 1 rings (SSSR count). The molecule has 0 radical (unpaired) electrons. The van der Waals surface area contributed by atoms with Gasteiger partial charge in [-0.1, -0.05) is 11.6 Å². The van der Waals surface area contributed by atoms with Crippen LogP contribution < -0.4 is 0 Å². The highest BCUT2D eigenvalue weighted by molar-refractivity contribution is 6.28. The van der Waals surface area contributed by atoms with Crippen LogP contribution in [-0.4, -0.2) is 35.5 Å². The van der Waals surface area contributed by atoms with Crippen LogP contribution in [0.3, 0.4) is 0 Å². The second-order valence-electron chi connectivity index (χ2n) is 5.34. The molecule has 0 spiro atoms. The minimum Gasteiger partial charge on any atom is -0.413 e. The quantitative estimate of drug-likeness (QED) is 0.415. The summed E-state index contributed by atoms with van der Waals surface area (Å²) in [4.78, 5) is 0. The van der Waals surface area contributed by atoms with Crippen molar-refractivity contribution < 1.29 is 13.9 Å². The summed E-state index contributed by atoms with van der Waals surface area (Å²) in [6.45, 7) is 6.60. The minimum absolute atomic E-state index is 0.0568. The lowest BCUT2D eigenvalue weighted by Crippen LogP contribution is -2.40. The van der Waals surface area contributed by atoms with Crippen molar-refractivity contribution in [1.29, 1.82) is 0 Å². The maximum Gasteiger partial charge on any atom is 0.224 e. The van der Waals surface area contributed by atoms with Gasteiger partial charge in [0, 0.05) is 14.2 Å². The molecule has 0 aliphatic heterocycles. The van der Waals surface area contributed by atoms with Gasteiger partial charge in [0.05, 0.1) is 5.60 Å². The Hall–Kier alpha value is -0.163. The monoisotopic (exact) mass is 258 g/mol. The van der Waals surface area contributed by atoms with Crippen molar-refractivity contribution in [3.63, 3.8) is 0 Å². The molecule has 1 aliphatic carbocycles. The molecule has 0 aromatic heterocycles. The minimum atomic E-state index is -0.802. The van der Waals surface area contributed by atoms with E-state index in [2.05, 4.69) is 26.8 Å². The van der Waals surface area contributed by atoms with Gasteiger partial charge in [-0.3, -0.25) is 0 Å². The first-order chi connectivity index (χ1) is 7.99. The molecule has 17 heavy (non-hydrogen) atoms. The highest BCUT2D eigenvalue weighted by atomic mass is 28.2. The first-order valence-electron chi connectivity index (χ1n) is 6.34. The number of hydrogen-bond acceptors (Lipinski definition) is 3. The molecule has 0 saturated heterocycles. The first kappa shape index (κ1) is 14.9. The summed E-state index contributed by atoms with van der Waals surface area (Å²) in [7, 11) is 2.54. The van der Waals surface area contributed by atoms with E-state index in [0.717, 1.165) is 6.42 Å². The van der Waals surface area contributed by atoms with E-state index < -0.39 is 9.76 Å². The zero-order valence-electron chi connectivity index (χ0n) is 11.8. The fraction of sp³-hybridized carbons (Fsp3) is 0.846. The van der Waals surface area contributed by atoms with E-state index in [-0.39, 0.29) is 11.5 Å². The molecule has 0 bridgehead atoms. The number of rotatable bonds is 6. The predicted octanol–water partition coefficient (Wildman–Crippen LogP) is 2.19. The molecule has 0 fully saturated rings. The molecule has 1 aliphatic rings. The standard InChI is InChI=1S/C13H26O3Si/c1-10-6-8-11(9-7-10)13(2,3)16-17-12(14-4)15-5/h6,11-12H,7-9,17H2,1-5H3. The van der Waals surface area contributed by atoms with Crippen molar-refractivity contribution >= 4 is 9.76 Å². The number of hydrogen-bond donors (Lipinski definition) is 0. The Morgan fingerprint density at radius 2 is 2.00 bits per heavy atom. The summed E-state index contributed by atoms with van der Waals surface area (Å²) in [6, 6.07) is 0. The van der Waals surface area contributed by atoms with Crippen LogP contribution in [-0.2, 0) is 13.9 Å². The van der Waals surface area contributed by atoms with Gasteiger partial charge in [0.1, 0.15) is 0 Å². The second kappa shape index (κ2) is 6.68. The summed E-state index contributed by atoms with van der Waals surface area (Å²) >= 11 is 0. The lowest BCUT2D eigenvalue weighted by atomic mass is 9.80. The number of ether oxygens (including phenoxy) is 2. The third-order valence-corrected chi connectivity index (χ3v) is 5.59. The molecule has 0 saturated carbocycles. The van der Waals surface area contributed by atoms with E-state index in [4.69, 9.17) is 13.9 Å². The van der Waals surface area contributed by atoms with Gasteiger partial charge >= 0.3 is 0 Å². The average Bonchev–Trinajstić information content (AvgIpc) is 2.31. The van der Waals surface area contributed by atoms with E-state index in [9.17, 15) is 0 Å². The Bertz CT molecular complexity index is 259. The fourth-order valence-electron chi connectivity index (χ4n) is 2.23. The van der Waals surface area contributed by atoms with Crippen molar-refractivity contribution in [2.24, 2.45) is 5.92 Å². The zero-order valence-corrected chi connectivity index (χ0v) is 13.2. The molecule has 0 aromatic rings. The van der Waals surface area contributed by atoms with Crippen LogP contribution >= 0.6 is 0 Å². The van der Waals surface area contributed by atoms with Crippen molar-refractivity contribution in [2.75, 3.05) is 14.2 Å². The lowest BCUT2D eigenvalue weighted by Gasteiger charge is -2.37. The molecular formula is C13H26O3Si. The third kappa shape index (κ3) is 4.54. The summed E-state index contributed by atoms with van der Waals surface area (Å²) in [5.74, 6) is 0.489. The molecule has 3 nitrogen and oxygen atoms in total. The van der Waals surface area contributed by atoms with Crippen molar-refractivity contribution in [2.45, 2.75) is 51.5 Å². The summed E-state index contributed by atoms with van der Waals surface area (Å²) < 4.78 is 16.5. The Labute approximate surface area is 107 Å². The van der Waals surface area contributed by atoms with Crippen molar-refractivity contribution in [3.05, 3.63) is 11.6 Å². The van der Waals surface area contributed by atoms with Crippen LogP contribution in [0.1, 0.15) is 40.0 Å². The molecule has 4 heteroatoms. The van der Waals surface area contributed by atoms with Crippen LogP contribution in [0.2, 0.25) is 0 Å². The Morgan fingerprint density at radius 3 is 2.47 bits per heavy atom. The summed E-state index contributed by atoms with van der Waals surface area (Å²) in [5, 5.41) is 0. The Balaban J connectivity index is 2.45. The third-order valence-electron chi connectivity index (χ3n) is 3.74. The van der Waals surface area contributed by atoms with E-state index in [1.165, 1.54) is 18.4 Å². The maximum atomic E-state index is 6.11. The van der Waals surface area contributed by atoms with Crippen LogP contribution in [0.5, 0.6) is 0 Å². The molecule has 0 amide bonds. The van der Waals surface area contributed by atoms with Crippen LogP contribution in [0.15, 0.2) is 11.6 Å². The van der Waals surface area contributed by atoms with E-state index >= 15 is 0 Å². The highest BCUT2D eigenvalue weighted by Gasteiger charge is 2.31. The Morgan fingerprint density at radius 1 is 1.35 bits per heavy atom. The SMILES string of the molecule is COC(OC)[SiH2]OC(C)(C)C1CC=C(C)CC1. The van der Waals surface area contributed by atoms with Gasteiger partial charge in [-0.25, -0.2) is 0 Å². The molecule has 0 heterocycles. The average molecular weight is 258 g/mol. The van der Waals surface area contributed by atoms with Crippen molar-refractivity contribution in [3.8, 4) is 0 Å². The molecule has 1 atom stereocenters. The molecule has 0 N–H and O–H groups in total. The van der Waals surface area contributed by atoms with Gasteiger partial charge < -0.3 is 13.9 Å². The van der Waals surface area contributed by atoms with Gasteiger partial charge in [0.2, 0.25) is 9.76 Å². The normalized spacial score (nSPS) is 22.5. The van der Waals surface area contributed by atoms with Gasteiger partial charge in [0.25, 0.3) is 0 Å². The highest BCUT2D eigenvalue weighted by Crippen LogP contribution is 2.33. The van der Waals surface area contributed by atoms with Gasteiger partial charge in [-0.05, 0) is 46.0 Å². The summed E-state index contributed by atoms with van der Waals surface area (Å²) in [6.07, 6.45) is 5.92. The van der Waals surface area contributed by atoms with E-state index in [1.807, 2.05) is 0 Å². The van der Waals surface area contributed by atoms with Crippen LogP contribution in [0.25, 0.3) is 0 Å². The Kier molecular flexibility index (Phi) is 5.86. The van der Waals surface area contributed by atoms with Crippen LogP contribution in [0, 0.1) is 5.92 Å². The fourth-order valence-corrected chi connectivity index (χ4v) is 3.30. The largest absolute Gasteiger partial charge is 0.413 e.